The van der Waals surface area contributed by atoms with Gasteiger partial charge in [-0.1, -0.05) is 5.92 Å². The van der Waals surface area contributed by atoms with Crippen molar-refractivity contribution in [2.75, 3.05) is 21.3 Å². The quantitative estimate of drug-likeness (QED) is 0.601. The van der Waals surface area contributed by atoms with Gasteiger partial charge in [-0.25, -0.2) is 4.57 Å². The highest BCUT2D eigenvalue weighted by Crippen LogP contribution is 2.44. The van der Waals surface area contributed by atoms with Crippen LogP contribution >= 0.6 is 7.60 Å². The number of hydrogen-bond donors (Lipinski definition) is 0. The van der Waals surface area contributed by atoms with Crippen LogP contribution in [0.25, 0.3) is 0 Å². The van der Waals surface area contributed by atoms with Crippen molar-refractivity contribution < 1.29 is 18.3 Å². The van der Waals surface area contributed by atoms with Gasteiger partial charge in [-0.2, -0.15) is 0 Å². The van der Waals surface area contributed by atoms with E-state index < -0.39 is 7.60 Å². The number of ether oxygens (including phenoxy) is 1. The minimum atomic E-state index is -3.26. The molecule has 0 spiro atoms. The highest BCUT2D eigenvalue weighted by atomic mass is 31.2. The monoisotopic (exact) mass is 240 g/mol. The molecular weight excluding hydrogens is 227 g/mol. The molecule has 0 aliphatic rings. The molecule has 0 amide bonds. The van der Waals surface area contributed by atoms with Gasteiger partial charge in [0.1, 0.15) is 5.75 Å². The second kappa shape index (κ2) is 5.72. The van der Waals surface area contributed by atoms with Crippen LogP contribution in [0.3, 0.4) is 0 Å². The fraction of sp³-hybridized carbons (Fsp3) is 0.273. The molecule has 86 valence electrons. The van der Waals surface area contributed by atoms with Crippen molar-refractivity contribution in [3.8, 4) is 17.3 Å². The second-order valence-corrected chi connectivity index (χ2v) is 4.78. The summed E-state index contributed by atoms with van der Waals surface area (Å²) in [5, 5.41) is 0. The Kier molecular flexibility index (Phi) is 4.57. The van der Waals surface area contributed by atoms with Crippen molar-refractivity contribution in [1.29, 1.82) is 0 Å². The van der Waals surface area contributed by atoms with Gasteiger partial charge in [-0.3, -0.25) is 0 Å². The van der Waals surface area contributed by atoms with Gasteiger partial charge >= 0.3 is 7.60 Å². The van der Waals surface area contributed by atoms with Crippen LogP contribution in [0.5, 0.6) is 5.75 Å². The standard InChI is InChI=1S/C11H13O4P/c1-13-11-6-4-10(5-7-11)8-9-16(12,14-2)15-3/h4-7H,1-3H3. The van der Waals surface area contributed by atoms with Crippen LogP contribution in [-0.2, 0) is 13.6 Å². The Hall–Kier alpha value is -1.27. The van der Waals surface area contributed by atoms with E-state index in [0.717, 1.165) is 11.3 Å². The second-order valence-electron chi connectivity index (χ2n) is 2.83. The lowest BCUT2D eigenvalue weighted by molar-refractivity contribution is 0.288. The van der Waals surface area contributed by atoms with Crippen molar-refractivity contribution in [1.82, 2.24) is 0 Å². The molecule has 4 nitrogen and oxygen atoms in total. The van der Waals surface area contributed by atoms with Crippen molar-refractivity contribution >= 4 is 7.60 Å². The highest BCUT2D eigenvalue weighted by Gasteiger charge is 2.16. The topological polar surface area (TPSA) is 44.8 Å². The molecule has 1 rings (SSSR count). The van der Waals surface area contributed by atoms with Crippen LogP contribution in [0, 0.1) is 11.6 Å². The van der Waals surface area contributed by atoms with Crippen molar-refractivity contribution in [2.24, 2.45) is 0 Å². The maximum absolute atomic E-state index is 11.6. The summed E-state index contributed by atoms with van der Waals surface area (Å²) in [6.07, 6.45) is 0. The van der Waals surface area contributed by atoms with E-state index >= 15 is 0 Å². The zero-order valence-corrected chi connectivity index (χ0v) is 10.3. The van der Waals surface area contributed by atoms with E-state index in [2.05, 4.69) is 20.6 Å². The van der Waals surface area contributed by atoms with Crippen molar-refractivity contribution in [3.63, 3.8) is 0 Å². The Morgan fingerprint density at radius 2 is 1.62 bits per heavy atom. The maximum atomic E-state index is 11.6. The van der Waals surface area contributed by atoms with E-state index in [1.807, 2.05) is 0 Å². The summed E-state index contributed by atoms with van der Waals surface area (Å²) in [4.78, 5) is 0. The molecule has 16 heavy (non-hydrogen) atoms. The average molecular weight is 240 g/mol. The first-order chi connectivity index (χ1) is 7.63. The zero-order valence-electron chi connectivity index (χ0n) is 9.39. The highest BCUT2D eigenvalue weighted by molar-refractivity contribution is 7.59. The summed E-state index contributed by atoms with van der Waals surface area (Å²) >= 11 is 0. The van der Waals surface area contributed by atoms with E-state index in [-0.39, 0.29) is 0 Å². The Morgan fingerprint density at radius 1 is 1.06 bits per heavy atom. The number of benzene rings is 1. The van der Waals surface area contributed by atoms with E-state index in [9.17, 15) is 4.57 Å². The Labute approximate surface area is 95.1 Å². The third-order valence-corrected chi connectivity index (χ3v) is 3.26. The van der Waals surface area contributed by atoms with Gasteiger partial charge in [-0.15, -0.1) is 0 Å². The van der Waals surface area contributed by atoms with Gasteiger partial charge in [0.25, 0.3) is 0 Å². The van der Waals surface area contributed by atoms with Crippen molar-refractivity contribution in [2.45, 2.75) is 0 Å². The molecule has 0 radical (unpaired) electrons. The summed E-state index contributed by atoms with van der Waals surface area (Å²) in [6.45, 7) is 0. The molecule has 0 unspecified atom stereocenters. The predicted molar refractivity (Wildman–Crippen MR) is 61.5 cm³/mol. The normalized spacial score (nSPS) is 10.4. The molecule has 0 heterocycles. The van der Waals surface area contributed by atoms with E-state index in [1.54, 1.807) is 31.4 Å². The summed E-state index contributed by atoms with van der Waals surface area (Å²) < 4.78 is 26.0. The molecule has 0 saturated carbocycles. The number of hydrogen-bond acceptors (Lipinski definition) is 4. The minimum absolute atomic E-state index is 0.718. The Morgan fingerprint density at radius 3 is 2.06 bits per heavy atom. The summed E-state index contributed by atoms with van der Waals surface area (Å²) in [7, 11) is 0.927. The molecule has 0 N–H and O–H groups in total. The summed E-state index contributed by atoms with van der Waals surface area (Å²) in [6, 6.07) is 7.08. The van der Waals surface area contributed by atoms with Crippen LogP contribution in [0.1, 0.15) is 5.56 Å². The smallest absolute Gasteiger partial charge is 0.405 e. The summed E-state index contributed by atoms with van der Waals surface area (Å²) in [5.41, 5.74) is 3.19. The molecule has 1 aromatic rings. The molecule has 0 saturated heterocycles. The number of methoxy groups -OCH3 is 1. The van der Waals surface area contributed by atoms with E-state index in [0.29, 0.717) is 0 Å². The molecular formula is C11H13O4P. The largest absolute Gasteiger partial charge is 0.497 e. The zero-order chi connectivity index (χ0) is 12.0. The SMILES string of the molecule is COc1ccc(C#CP(=O)(OC)OC)cc1. The van der Waals surface area contributed by atoms with Gasteiger partial charge in [-0.05, 0) is 24.3 Å². The first kappa shape index (κ1) is 12.8. The Balaban J connectivity index is 2.88. The Bertz CT molecular complexity index is 433. The molecule has 0 atom stereocenters. The maximum Gasteiger partial charge on any atom is 0.405 e. The fourth-order valence-electron chi connectivity index (χ4n) is 0.973. The lowest BCUT2D eigenvalue weighted by Crippen LogP contribution is -1.85. The van der Waals surface area contributed by atoms with Gasteiger partial charge in [0.2, 0.25) is 0 Å². The van der Waals surface area contributed by atoms with E-state index in [4.69, 9.17) is 4.74 Å². The molecule has 5 heteroatoms. The fourth-order valence-corrected chi connectivity index (χ4v) is 1.57. The third-order valence-electron chi connectivity index (χ3n) is 1.91. The first-order valence-electron chi connectivity index (χ1n) is 4.52. The van der Waals surface area contributed by atoms with Gasteiger partial charge < -0.3 is 13.8 Å². The lowest BCUT2D eigenvalue weighted by Gasteiger charge is -2.04. The lowest BCUT2D eigenvalue weighted by atomic mass is 10.2. The van der Waals surface area contributed by atoms with Crippen molar-refractivity contribution in [3.05, 3.63) is 29.8 Å². The van der Waals surface area contributed by atoms with Crippen LogP contribution in [0.2, 0.25) is 0 Å². The summed E-state index contributed by atoms with van der Waals surface area (Å²) in [5.74, 6) is 3.46. The molecule has 1 aromatic carbocycles. The van der Waals surface area contributed by atoms with Gasteiger partial charge in [0.05, 0.1) is 7.11 Å². The van der Waals surface area contributed by atoms with Gasteiger partial charge in [0, 0.05) is 25.4 Å². The molecule has 0 bridgehead atoms. The van der Waals surface area contributed by atoms with Crippen LogP contribution in [0.15, 0.2) is 24.3 Å². The minimum Gasteiger partial charge on any atom is -0.497 e. The van der Waals surface area contributed by atoms with Gasteiger partial charge in [0.15, 0.2) is 0 Å². The molecule has 0 aliphatic heterocycles. The van der Waals surface area contributed by atoms with Crippen LogP contribution in [-0.4, -0.2) is 21.3 Å². The first-order valence-corrected chi connectivity index (χ1v) is 6.06. The predicted octanol–water partition coefficient (Wildman–Crippen LogP) is 2.49. The average Bonchev–Trinajstić information content (AvgIpc) is 2.36. The molecule has 0 aromatic heterocycles. The number of rotatable bonds is 3. The molecule has 0 fully saturated rings. The molecule has 0 aliphatic carbocycles. The third kappa shape index (κ3) is 3.39. The van der Waals surface area contributed by atoms with Crippen LogP contribution in [0.4, 0.5) is 0 Å². The van der Waals surface area contributed by atoms with E-state index in [1.165, 1.54) is 14.2 Å². The van der Waals surface area contributed by atoms with Crippen LogP contribution < -0.4 is 4.74 Å².